The molecule has 1 aromatic rings. The van der Waals surface area contributed by atoms with Crippen molar-refractivity contribution in [2.24, 2.45) is 7.05 Å². The van der Waals surface area contributed by atoms with E-state index in [0.29, 0.717) is 12.3 Å². The van der Waals surface area contributed by atoms with Gasteiger partial charge in [-0.05, 0) is 25.7 Å². The molecule has 0 unspecified atom stereocenters. The van der Waals surface area contributed by atoms with E-state index in [4.69, 9.17) is 4.74 Å². The zero-order valence-corrected chi connectivity index (χ0v) is 9.25. The highest BCUT2D eigenvalue weighted by Crippen LogP contribution is 2.24. The van der Waals surface area contributed by atoms with Crippen LogP contribution in [0.2, 0.25) is 0 Å². The molecule has 1 aromatic heterocycles. The number of aryl methyl sites for hydroxylation is 2. The molecule has 15 heavy (non-hydrogen) atoms. The third-order valence-corrected chi connectivity index (χ3v) is 2.70. The Balaban J connectivity index is 2.23. The molecule has 0 saturated carbocycles. The van der Waals surface area contributed by atoms with Crippen molar-refractivity contribution in [3.63, 3.8) is 0 Å². The first kappa shape index (κ1) is 10.2. The lowest BCUT2D eigenvalue weighted by Gasteiger charge is -2.04. The van der Waals surface area contributed by atoms with Gasteiger partial charge in [-0.2, -0.15) is 5.10 Å². The van der Waals surface area contributed by atoms with Gasteiger partial charge in [0, 0.05) is 12.6 Å². The summed E-state index contributed by atoms with van der Waals surface area (Å²) in [6, 6.07) is 0. The van der Waals surface area contributed by atoms with Crippen molar-refractivity contribution in [2.75, 3.05) is 6.61 Å². The van der Waals surface area contributed by atoms with Crippen molar-refractivity contribution < 1.29 is 9.53 Å². The van der Waals surface area contributed by atoms with Gasteiger partial charge in [0.15, 0.2) is 0 Å². The first-order chi connectivity index (χ1) is 7.24. The quantitative estimate of drug-likeness (QED) is 0.707. The summed E-state index contributed by atoms with van der Waals surface area (Å²) in [5, 5.41) is 4.34. The zero-order chi connectivity index (χ0) is 10.8. The monoisotopic (exact) mass is 208 g/mol. The number of carbonyl (C=O) groups excluding carboxylic acids is 1. The van der Waals surface area contributed by atoms with Gasteiger partial charge in [0.05, 0.1) is 12.3 Å². The Kier molecular flexibility index (Phi) is 2.75. The van der Waals surface area contributed by atoms with E-state index in [1.54, 1.807) is 11.7 Å². The second-order valence-corrected chi connectivity index (χ2v) is 3.89. The Morgan fingerprint density at radius 1 is 1.53 bits per heavy atom. The predicted octanol–water partition coefficient (Wildman–Crippen LogP) is 1.48. The van der Waals surface area contributed by atoms with Gasteiger partial charge in [-0.15, -0.1) is 0 Å². The van der Waals surface area contributed by atoms with Gasteiger partial charge >= 0.3 is 5.97 Å². The van der Waals surface area contributed by atoms with Gasteiger partial charge in [0.2, 0.25) is 0 Å². The first-order valence-corrected chi connectivity index (χ1v) is 5.46. The Morgan fingerprint density at radius 2 is 2.33 bits per heavy atom. The molecular formula is C11H16N2O2. The van der Waals surface area contributed by atoms with E-state index in [1.807, 2.05) is 6.92 Å². The molecule has 2 rings (SSSR count). The van der Waals surface area contributed by atoms with Crippen molar-refractivity contribution in [3.05, 3.63) is 17.0 Å². The standard InChI is InChI=1S/C11H16N2O2/c1-3-7-15-11(14)10-8-5-4-6-9(8)12-13(10)2/h3-7H2,1-2H3. The van der Waals surface area contributed by atoms with Crippen molar-refractivity contribution >= 4 is 5.97 Å². The summed E-state index contributed by atoms with van der Waals surface area (Å²) < 4.78 is 6.80. The second-order valence-electron chi connectivity index (χ2n) is 3.89. The van der Waals surface area contributed by atoms with Crippen molar-refractivity contribution in [1.82, 2.24) is 9.78 Å². The van der Waals surface area contributed by atoms with E-state index >= 15 is 0 Å². The van der Waals surface area contributed by atoms with Gasteiger partial charge in [-0.25, -0.2) is 4.79 Å². The summed E-state index contributed by atoms with van der Waals surface area (Å²) in [6.45, 7) is 2.47. The fourth-order valence-electron chi connectivity index (χ4n) is 2.04. The molecular weight excluding hydrogens is 192 g/mol. The smallest absolute Gasteiger partial charge is 0.356 e. The third-order valence-electron chi connectivity index (χ3n) is 2.70. The largest absolute Gasteiger partial charge is 0.461 e. The number of fused-ring (bicyclic) bond motifs is 1. The maximum Gasteiger partial charge on any atom is 0.356 e. The molecule has 1 heterocycles. The highest BCUT2D eigenvalue weighted by Gasteiger charge is 2.25. The number of ether oxygens (including phenoxy) is 1. The summed E-state index contributed by atoms with van der Waals surface area (Å²) in [5.41, 5.74) is 2.82. The zero-order valence-electron chi connectivity index (χ0n) is 9.25. The molecule has 0 spiro atoms. The number of carbonyl (C=O) groups is 1. The number of nitrogens with zero attached hydrogens (tertiary/aromatic N) is 2. The molecule has 0 amide bonds. The van der Waals surface area contributed by atoms with Crippen LogP contribution in [0.5, 0.6) is 0 Å². The summed E-state index contributed by atoms with van der Waals surface area (Å²) >= 11 is 0. The Morgan fingerprint density at radius 3 is 3.07 bits per heavy atom. The molecule has 0 saturated heterocycles. The molecule has 0 bridgehead atoms. The average molecular weight is 208 g/mol. The normalized spacial score (nSPS) is 14.0. The van der Waals surface area contributed by atoms with Crippen LogP contribution < -0.4 is 0 Å². The minimum Gasteiger partial charge on any atom is -0.461 e. The first-order valence-electron chi connectivity index (χ1n) is 5.46. The number of aromatic nitrogens is 2. The number of esters is 1. The molecule has 0 aromatic carbocycles. The minimum atomic E-state index is -0.227. The lowest BCUT2D eigenvalue weighted by atomic mass is 10.2. The third kappa shape index (κ3) is 1.76. The van der Waals surface area contributed by atoms with Gasteiger partial charge in [0.25, 0.3) is 0 Å². The van der Waals surface area contributed by atoms with E-state index in [0.717, 1.165) is 36.9 Å². The van der Waals surface area contributed by atoms with Crippen LogP contribution in [0.4, 0.5) is 0 Å². The van der Waals surface area contributed by atoms with Gasteiger partial charge in [0.1, 0.15) is 5.69 Å². The minimum absolute atomic E-state index is 0.227. The van der Waals surface area contributed by atoms with Crippen LogP contribution in [-0.4, -0.2) is 22.4 Å². The Labute approximate surface area is 89.2 Å². The SMILES string of the molecule is CCCOC(=O)c1c2c(nn1C)CCC2. The van der Waals surface area contributed by atoms with Crippen LogP contribution >= 0.6 is 0 Å². The lowest BCUT2D eigenvalue weighted by Crippen LogP contribution is -2.13. The van der Waals surface area contributed by atoms with E-state index in [9.17, 15) is 4.79 Å². The van der Waals surface area contributed by atoms with Crippen LogP contribution in [-0.2, 0) is 24.6 Å². The molecule has 0 radical (unpaired) electrons. The molecule has 0 fully saturated rings. The van der Waals surface area contributed by atoms with E-state index in [1.165, 1.54) is 0 Å². The number of rotatable bonds is 3. The molecule has 1 aliphatic carbocycles. The van der Waals surface area contributed by atoms with Crippen LogP contribution in [0.3, 0.4) is 0 Å². The van der Waals surface area contributed by atoms with Crippen LogP contribution in [0, 0.1) is 0 Å². The number of hydrogen-bond donors (Lipinski definition) is 0. The molecule has 1 aliphatic rings. The maximum absolute atomic E-state index is 11.8. The summed E-state index contributed by atoms with van der Waals surface area (Å²) in [7, 11) is 1.81. The van der Waals surface area contributed by atoms with Crippen molar-refractivity contribution in [2.45, 2.75) is 32.6 Å². The van der Waals surface area contributed by atoms with Gasteiger partial charge in [-0.1, -0.05) is 6.92 Å². The highest BCUT2D eigenvalue weighted by atomic mass is 16.5. The summed E-state index contributed by atoms with van der Waals surface area (Å²) in [4.78, 5) is 11.8. The van der Waals surface area contributed by atoms with Crippen LogP contribution in [0.25, 0.3) is 0 Å². The van der Waals surface area contributed by atoms with Crippen molar-refractivity contribution in [3.8, 4) is 0 Å². The average Bonchev–Trinajstić information content (AvgIpc) is 2.73. The Hall–Kier alpha value is -1.32. The van der Waals surface area contributed by atoms with Gasteiger partial charge < -0.3 is 4.74 Å². The second kappa shape index (κ2) is 4.04. The molecule has 4 nitrogen and oxygen atoms in total. The molecule has 4 heteroatoms. The summed E-state index contributed by atoms with van der Waals surface area (Å²) in [5.74, 6) is -0.227. The maximum atomic E-state index is 11.8. The fourth-order valence-corrected chi connectivity index (χ4v) is 2.04. The Bertz CT molecular complexity index is 382. The van der Waals surface area contributed by atoms with Gasteiger partial charge in [-0.3, -0.25) is 4.68 Å². The van der Waals surface area contributed by atoms with E-state index in [2.05, 4.69) is 5.10 Å². The summed E-state index contributed by atoms with van der Waals surface area (Å²) in [6.07, 6.45) is 3.91. The highest BCUT2D eigenvalue weighted by molar-refractivity contribution is 5.89. The predicted molar refractivity (Wildman–Crippen MR) is 55.8 cm³/mol. The molecule has 0 atom stereocenters. The lowest BCUT2D eigenvalue weighted by molar-refractivity contribution is 0.0491. The van der Waals surface area contributed by atoms with E-state index in [-0.39, 0.29) is 5.97 Å². The van der Waals surface area contributed by atoms with Crippen LogP contribution in [0.15, 0.2) is 0 Å². The fraction of sp³-hybridized carbons (Fsp3) is 0.636. The van der Waals surface area contributed by atoms with Crippen LogP contribution in [0.1, 0.15) is 41.5 Å². The number of hydrogen-bond acceptors (Lipinski definition) is 3. The molecule has 0 aliphatic heterocycles. The topological polar surface area (TPSA) is 44.1 Å². The molecule has 82 valence electrons. The van der Waals surface area contributed by atoms with E-state index < -0.39 is 0 Å². The van der Waals surface area contributed by atoms with Crippen molar-refractivity contribution in [1.29, 1.82) is 0 Å². The molecule has 0 N–H and O–H groups in total.